The third-order valence-corrected chi connectivity index (χ3v) is 4.16. The van der Waals surface area contributed by atoms with Crippen LogP contribution in [0.1, 0.15) is 5.56 Å². The zero-order valence-corrected chi connectivity index (χ0v) is 14.4. The first-order valence-corrected chi connectivity index (χ1v) is 8.09. The minimum absolute atomic E-state index is 0.00921. The number of aliphatic hydroxyl groups is 1. The van der Waals surface area contributed by atoms with Gasteiger partial charge in [0.25, 0.3) is 0 Å². The lowest BCUT2D eigenvalue weighted by molar-refractivity contribution is 0.201. The van der Waals surface area contributed by atoms with E-state index >= 15 is 0 Å². The minimum Gasteiger partial charge on any atom is -0.496 e. The van der Waals surface area contributed by atoms with Gasteiger partial charge in [-0.1, -0.05) is 0 Å². The Bertz CT molecular complexity index is 655. The van der Waals surface area contributed by atoms with E-state index in [2.05, 4.69) is 45.8 Å². The molecule has 1 atom stereocenters. The van der Waals surface area contributed by atoms with E-state index < -0.39 is 0 Å². The monoisotopic (exact) mass is 412 g/mol. The molecule has 1 aromatic carbocycles. The summed E-state index contributed by atoms with van der Waals surface area (Å²) in [5.74, 6) is 1.41. The van der Waals surface area contributed by atoms with Gasteiger partial charge in [-0.3, -0.25) is 4.99 Å². The second-order valence-electron chi connectivity index (χ2n) is 4.97. The molecule has 0 spiro atoms. The van der Waals surface area contributed by atoms with E-state index in [-0.39, 0.29) is 19.4 Å². The summed E-state index contributed by atoms with van der Waals surface area (Å²) in [6, 6.07) is 5.67. The molecule has 0 saturated heterocycles. The molecule has 5 nitrogen and oxygen atoms in total. The molecule has 1 aromatic rings. The van der Waals surface area contributed by atoms with Gasteiger partial charge in [0, 0.05) is 21.4 Å². The molecule has 0 aliphatic carbocycles. The average molecular weight is 412 g/mol. The first kappa shape index (κ1) is 15.4. The highest BCUT2D eigenvalue weighted by Gasteiger charge is 2.26. The van der Waals surface area contributed by atoms with Crippen LogP contribution in [0.5, 0.6) is 11.5 Å². The van der Waals surface area contributed by atoms with E-state index in [4.69, 9.17) is 19.6 Å². The molecule has 0 bridgehead atoms. The van der Waals surface area contributed by atoms with Crippen LogP contribution in [0.4, 0.5) is 0 Å². The van der Waals surface area contributed by atoms with Gasteiger partial charge in [-0.15, -0.1) is 0 Å². The predicted molar refractivity (Wildman–Crippen MR) is 93.8 cm³/mol. The van der Waals surface area contributed by atoms with Crippen LogP contribution in [0.2, 0.25) is 0 Å². The molecule has 2 aliphatic heterocycles. The minimum atomic E-state index is -0.00921. The molecular formula is C16H17IN2O3. The quantitative estimate of drug-likeness (QED) is 0.755. The Balaban J connectivity index is 1.85. The summed E-state index contributed by atoms with van der Waals surface area (Å²) >= 11 is 2.31. The van der Waals surface area contributed by atoms with Crippen molar-refractivity contribution in [1.82, 2.24) is 4.90 Å². The second kappa shape index (κ2) is 6.70. The normalized spacial score (nSPS) is 19.6. The summed E-state index contributed by atoms with van der Waals surface area (Å²) in [5.41, 5.74) is 1.98. The number of hydrogen-bond acceptors (Lipinski definition) is 5. The van der Waals surface area contributed by atoms with Crippen LogP contribution >= 0.6 is 22.6 Å². The number of fused-ring (bicyclic) bond motifs is 1. The Morgan fingerprint density at radius 1 is 1.45 bits per heavy atom. The molecule has 22 heavy (non-hydrogen) atoms. The SMILES string of the molecule is COc1cc(OCCO)ccc1C1=NC2C=CC(I)=CN2C1. The number of aliphatic hydroxyl groups excluding tert-OH is 1. The van der Waals surface area contributed by atoms with Crippen LogP contribution in [0.15, 0.2) is 45.1 Å². The van der Waals surface area contributed by atoms with Crippen molar-refractivity contribution in [3.05, 3.63) is 45.7 Å². The van der Waals surface area contributed by atoms with Crippen molar-refractivity contribution in [3.8, 4) is 11.5 Å². The molecule has 0 amide bonds. The van der Waals surface area contributed by atoms with Gasteiger partial charge >= 0.3 is 0 Å². The van der Waals surface area contributed by atoms with E-state index in [9.17, 15) is 0 Å². The fraction of sp³-hybridized carbons (Fsp3) is 0.312. The van der Waals surface area contributed by atoms with Crippen LogP contribution in [0, 0.1) is 0 Å². The number of hydrogen-bond donors (Lipinski definition) is 1. The largest absolute Gasteiger partial charge is 0.496 e. The smallest absolute Gasteiger partial charge is 0.140 e. The number of benzene rings is 1. The van der Waals surface area contributed by atoms with Gasteiger partial charge in [0.15, 0.2) is 0 Å². The van der Waals surface area contributed by atoms with Gasteiger partial charge in [-0.05, 0) is 46.9 Å². The molecule has 0 saturated carbocycles. The first-order valence-electron chi connectivity index (χ1n) is 7.01. The zero-order chi connectivity index (χ0) is 15.5. The van der Waals surface area contributed by atoms with Crippen molar-refractivity contribution in [2.24, 2.45) is 4.99 Å². The molecule has 1 N–H and O–H groups in total. The number of aliphatic imine (C=N–C) groups is 1. The van der Waals surface area contributed by atoms with Crippen LogP contribution in [-0.4, -0.2) is 48.8 Å². The highest BCUT2D eigenvalue weighted by atomic mass is 127. The van der Waals surface area contributed by atoms with Crippen molar-refractivity contribution in [3.63, 3.8) is 0 Å². The highest BCUT2D eigenvalue weighted by Crippen LogP contribution is 2.30. The zero-order valence-electron chi connectivity index (χ0n) is 12.2. The summed E-state index contributed by atoms with van der Waals surface area (Å²) in [6.45, 7) is 1.02. The summed E-state index contributed by atoms with van der Waals surface area (Å²) in [6.07, 6.45) is 6.37. The Hall–Kier alpha value is -1.54. The fourth-order valence-electron chi connectivity index (χ4n) is 2.51. The van der Waals surface area contributed by atoms with E-state index in [1.165, 1.54) is 3.58 Å². The predicted octanol–water partition coefficient (Wildman–Crippen LogP) is 2.34. The van der Waals surface area contributed by atoms with Crippen LogP contribution in [0.3, 0.4) is 0 Å². The molecule has 116 valence electrons. The number of halogens is 1. The number of allylic oxidation sites excluding steroid dienone is 2. The van der Waals surface area contributed by atoms with Gasteiger partial charge in [-0.2, -0.15) is 0 Å². The Morgan fingerprint density at radius 2 is 2.32 bits per heavy atom. The molecule has 3 rings (SSSR count). The third kappa shape index (κ3) is 3.12. The second-order valence-corrected chi connectivity index (χ2v) is 6.21. The van der Waals surface area contributed by atoms with E-state index in [0.29, 0.717) is 5.75 Å². The van der Waals surface area contributed by atoms with Crippen LogP contribution < -0.4 is 9.47 Å². The van der Waals surface area contributed by atoms with Crippen LogP contribution in [-0.2, 0) is 0 Å². The maximum absolute atomic E-state index is 8.83. The molecule has 2 heterocycles. The summed E-state index contributed by atoms with van der Waals surface area (Å²) in [7, 11) is 1.64. The van der Waals surface area contributed by atoms with Crippen molar-refractivity contribution < 1.29 is 14.6 Å². The van der Waals surface area contributed by atoms with E-state index in [0.717, 1.165) is 23.6 Å². The van der Waals surface area contributed by atoms with E-state index in [1.807, 2.05) is 18.2 Å². The Morgan fingerprint density at radius 3 is 3.09 bits per heavy atom. The topological polar surface area (TPSA) is 54.3 Å². The lowest BCUT2D eigenvalue weighted by Gasteiger charge is -2.21. The van der Waals surface area contributed by atoms with Crippen molar-refractivity contribution in [1.29, 1.82) is 0 Å². The molecule has 0 fully saturated rings. The third-order valence-electron chi connectivity index (χ3n) is 3.52. The van der Waals surface area contributed by atoms with Crippen molar-refractivity contribution in [2.45, 2.75) is 6.17 Å². The molecule has 0 aromatic heterocycles. The molecule has 1 unspecified atom stereocenters. The van der Waals surface area contributed by atoms with Gasteiger partial charge in [-0.25, -0.2) is 0 Å². The van der Waals surface area contributed by atoms with Gasteiger partial charge in [0.2, 0.25) is 0 Å². The lowest BCUT2D eigenvalue weighted by Crippen LogP contribution is -2.26. The van der Waals surface area contributed by atoms with Crippen molar-refractivity contribution >= 4 is 28.3 Å². The highest BCUT2D eigenvalue weighted by molar-refractivity contribution is 14.1. The maximum atomic E-state index is 8.83. The summed E-state index contributed by atoms with van der Waals surface area (Å²) < 4.78 is 12.1. The molecule has 6 heteroatoms. The number of nitrogens with zero attached hydrogens (tertiary/aromatic N) is 2. The molecule has 0 radical (unpaired) electrons. The van der Waals surface area contributed by atoms with Crippen LogP contribution in [0.25, 0.3) is 0 Å². The van der Waals surface area contributed by atoms with Crippen molar-refractivity contribution in [2.75, 3.05) is 26.9 Å². The van der Waals surface area contributed by atoms with Gasteiger partial charge < -0.3 is 19.5 Å². The summed E-state index contributed by atoms with van der Waals surface area (Å²) in [5, 5.41) is 8.83. The molecule has 2 aliphatic rings. The Labute approximate surface area is 143 Å². The standard InChI is InChI=1S/C16H17IN2O3/c1-21-15-8-12(22-7-6-20)3-4-13(15)14-10-19-9-11(17)2-5-16(19)18-14/h2-5,8-9,16,20H,6-7,10H2,1H3. The Kier molecular flexibility index (Phi) is 4.68. The number of ether oxygens (including phenoxy) is 2. The molecular weight excluding hydrogens is 395 g/mol. The number of rotatable bonds is 5. The van der Waals surface area contributed by atoms with Gasteiger partial charge in [0.05, 0.1) is 26.0 Å². The fourth-order valence-corrected chi connectivity index (χ4v) is 3.08. The average Bonchev–Trinajstić information content (AvgIpc) is 2.95. The number of methoxy groups -OCH3 is 1. The maximum Gasteiger partial charge on any atom is 0.140 e. The first-order chi connectivity index (χ1) is 10.7. The lowest BCUT2D eigenvalue weighted by atomic mass is 10.1. The van der Waals surface area contributed by atoms with Gasteiger partial charge in [0.1, 0.15) is 24.3 Å². The summed E-state index contributed by atoms with van der Waals surface area (Å²) in [4.78, 5) is 6.96. The van der Waals surface area contributed by atoms with E-state index in [1.54, 1.807) is 7.11 Å².